The lowest BCUT2D eigenvalue weighted by atomic mass is 10.2. The Balaban J connectivity index is 2.50. The molecule has 0 aliphatic carbocycles. The van der Waals surface area contributed by atoms with E-state index in [4.69, 9.17) is 16.7 Å². The lowest BCUT2D eigenvalue weighted by Crippen LogP contribution is -2.14. The van der Waals surface area contributed by atoms with Crippen molar-refractivity contribution in [2.45, 2.75) is 25.0 Å². The van der Waals surface area contributed by atoms with Crippen molar-refractivity contribution in [3.63, 3.8) is 0 Å². The molecule has 0 bridgehead atoms. The van der Waals surface area contributed by atoms with E-state index in [1.54, 1.807) is 24.3 Å². The average molecular weight is 305 g/mol. The first-order valence-corrected chi connectivity index (χ1v) is 8.11. The molecule has 0 fully saturated rings. The van der Waals surface area contributed by atoms with Crippen molar-refractivity contribution in [3.8, 4) is 0 Å². The van der Waals surface area contributed by atoms with E-state index in [0.717, 1.165) is 12.8 Å². The van der Waals surface area contributed by atoms with Gasteiger partial charge in [0, 0.05) is 18.0 Å². The zero-order valence-corrected chi connectivity index (χ0v) is 12.0. The molecule has 7 heteroatoms. The minimum absolute atomic E-state index is 0.0793. The van der Waals surface area contributed by atoms with Crippen LogP contribution in [0.3, 0.4) is 0 Å². The number of benzene rings is 1. The summed E-state index contributed by atoms with van der Waals surface area (Å²) in [6.07, 6.45) is 1.98. The van der Waals surface area contributed by atoms with Crippen LogP contribution < -0.4 is 10.5 Å². The Hall–Kier alpha value is -1.11. The van der Waals surface area contributed by atoms with Crippen molar-refractivity contribution in [3.05, 3.63) is 29.8 Å². The van der Waals surface area contributed by atoms with Gasteiger partial charge in [-0.25, -0.2) is 13.6 Å². The molecular weight excluding hydrogens is 288 g/mol. The van der Waals surface area contributed by atoms with Gasteiger partial charge in [-0.2, -0.15) is 0 Å². The van der Waals surface area contributed by atoms with Crippen molar-refractivity contribution >= 4 is 33.2 Å². The van der Waals surface area contributed by atoms with E-state index in [-0.39, 0.29) is 11.7 Å². The summed E-state index contributed by atoms with van der Waals surface area (Å²) in [7, 11) is -3.53. The van der Waals surface area contributed by atoms with Gasteiger partial charge in [0.25, 0.3) is 0 Å². The Bertz CT molecular complexity index is 514. The van der Waals surface area contributed by atoms with E-state index < -0.39 is 10.0 Å². The van der Waals surface area contributed by atoms with Crippen molar-refractivity contribution < 1.29 is 13.2 Å². The summed E-state index contributed by atoms with van der Waals surface area (Å²) in [5.41, 5.74) is 1.22. The van der Waals surface area contributed by atoms with Crippen LogP contribution in [0, 0.1) is 0 Å². The van der Waals surface area contributed by atoms with Gasteiger partial charge in [-0.1, -0.05) is 12.1 Å². The van der Waals surface area contributed by atoms with Gasteiger partial charge in [0.05, 0.1) is 5.75 Å². The molecule has 1 rings (SSSR count). The number of carbonyl (C=O) groups is 1. The molecule has 0 unspecified atom stereocenters. The maximum absolute atomic E-state index is 11.5. The number of sulfonamides is 1. The largest absolute Gasteiger partial charge is 0.326 e. The van der Waals surface area contributed by atoms with Crippen LogP contribution in [-0.4, -0.2) is 20.2 Å². The van der Waals surface area contributed by atoms with E-state index in [1.807, 2.05) is 0 Å². The normalized spacial score (nSPS) is 11.3. The minimum Gasteiger partial charge on any atom is -0.326 e. The number of carbonyl (C=O) groups excluding carboxylic acids is 1. The monoisotopic (exact) mass is 304 g/mol. The predicted molar refractivity (Wildman–Crippen MR) is 76.5 cm³/mol. The molecular formula is C12H17ClN2O3S. The predicted octanol–water partition coefficient (Wildman–Crippen LogP) is 1.82. The molecule has 0 aromatic heterocycles. The van der Waals surface area contributed by atoms with Gasteiger partial charge in [-0.15, -0.1) is 11.6 Å². The summed E-state index contributed by atoms with van der Waals surface area (Å²) in [6.45, 7) is 0. The van der Waals surface area contributed by atoms with Crippen LogP contribution >= 0.6 is 11.6 Å². The first kappa shape index (κ1) is 15.9. The van der Waals surface area contributed by atoms with Gasteiger partial charge in [0.2, 0.25) is 15.9 Å². The van der Waals surface area contributed by atoms with Crippen molar-refractivity contribution in [2.75, 3.05) is 11.2 Å². The summed E-state index contributed by atoms with van der Waals surface area (Å²) in [5, 5.41) is 7.67. The molecule has 106 valence electrons. The Morgan fingerprint density at radius 3 is 2.37 bits per heavy atom. The van der Waals surface area contributed by atoms with E-state index in [9.17, 15) is 13.2 Å². The second-order valence-corrected chi connectivity index (χ2v) is 6.19. The fourth-order valence-electron chi connectivity index (χ4n) is 1.52. The number of unbranched alkanes of at least 4 members (excludes halogenated alkanes) is 1. The molecule has 3 N–H and O–H groups in total. The van der Waals surface area contributed by atoms with Gasteiger partial charge >= 0.3 is 0 Å². The average Bonchev–Trinajstić information content (AvgIpc) is 2.30. The summed E-state index contributed by atoms with van der Waals surface area (Å²) in [6, 6.07) is 6.55. The topological polar surface area (TPSA) is 89.3 Å². The second kappa shape index (κ2) is 7.47. The molecule has 19 heavy (non-hydrogen) atoms. The Morgan fingerprint density at radius 1 is 1.21 bits per heavy atom. The number of nitrogens with one attached hydrogen (secondary N) is 1. The first-order chi connectivity index (χ1) is 8.90. The molecule has 1 aromatic rings. The summed E-state index contributed by atoms with van der Waals surface area (Å²) < 4.78 is 21.8. The Kier molecular flexibility index (Phi) is 6.27. The first-order valence-electron chi connectivity index (χ1n) is 5.86. The Morgan fingerprint density at radius 2 is 1.84 bits per heavy atom. The van der Waals surface area contributed by atoms with Crippen LogP contribution in [0.5, 0.6) is 0 Å². The zero-order valence-electron chi connectivity index (χ0n) is 10.4. The number of hydrogen-bond acceptors (Lipinski definition) is 3. The molecule has 0 atom stereocenters. The molecule has 0 saturated heterocycles. The molecule has 0 spiro atoms. The van der Waals surface area contributed by atoms with E-state index in [0.29, 0.717) is 23.6 Å². The van der Waals surface area contributed by atoms with Crippen LogP contribution in [0.15, 0.2) is 24.3 Å². The van der Waals surface area contributed by atoms with Gasteiger partial charge < -0.3 is 5.32 Å². The minimum atomic E-state index is -3.53. The van der Waals surface area contributed by atoms with Gasteiger partial charge in [-0.3, -0.25) is 4.79 Å². The standard InChI is InChI=1S/C12H17ClN2O3S/c13-8-2-1-3-12(16)15-11-6-4-10(5-7-11)9-19(14,17)18/h4-7H,1-3,8-9H2,(H,15,16)(H2,14,17,18). The van der Waals surface area contributed by atoms with Crippen molar-refractivity contribution in [2.24, 2.45) is 5.14 Å². The van der Waals surface area contributed by atoms with Crippen LogP contribution in [0.1, 0.15) is 24.8 Å². The summed E-state index contributed by atoms with van der Waals surface area (Å²) in [4.78, 5) is 11.5. The quantitative estimate of drug-likeness (QED) is 0.595. The van der Waals surface area contributed by atoms with Crippen LogP contribution in [0.2, 0.25) is 0 Å². The summed E-state index contributed by atoms with van der Waals surface area (Å²) >= 11 is 5.52. The third kappa shape index (κ3) is 7.15. The van der Waals surface area contributed by atoms with E-state index in [2.05, 4.69) is 5.32 Å². The van der Waals surface area contributed by atoms with Crippen molar-refractivity contribution in [1.29, 1.82) is 0 Å². The maximum Gasteiger partial charge on any atom is 0.224 e. The molecule has 5 nitrogen and oxygen atoms in total. The number of amides is 1. The zero-order chi connectivity index (χ0) is 14.3. The number of halogens is 1. The molecule has 1 amide bonds. The fraction of sp³-hybridized carbons (Fsp3) is 0.417. The lowest BCUT2D eigenvalue weighted by molar-refractivity contribution is -0.116. The number of rotatable bonds is 7. The Labute approximate surface area is 118 Å². The summed E-state index contributed by atoms with van der Waals surface area (Å²) in [5.74, 6) is 0.260. The lowest BCUT2D eigenvalue weighted by Gasteiger charge is -2.06. The second-order valence-electron chi connectivity index (χ2n) is 4.20. The molecule has 0 saturated carbocycles. The fourth-order valence-corrected chi connectivity index (χ4v) is 2.37. The smallest absolute Gasteiger partial charge is 0.224 e. The van der Waals surface area contributed by atoms with Crippen molar-refractivity contribution in [1.82, 2.24) is 0 Å². The van der Waals surface area contributed by atoms with Crippen LogP contribution in [0.4, 0.5) is 5.69 Å². The highest BCUT2D eigenvalue weighted by Crippen LogP contribution is 2.12. The highest BCUT2D eigenvalue weighted by molar-refractivity contribution is 7.88. The third-order valence-corrected chi connectivity index (χ3v) is 3.40. The highest BCUT2D eigenvalue weighted by atomic mass is 35.5. The van der Waals surface area contributed by atoms with Gasteiger partial charge in [-0.05, 0) is 30.5 Å². The number of alkyl halides is 1. The van der Waals surface area contributed by atoms with E-state index >= 15 is 0 Å². The van der Waals surface area contributed by atoms with Gasteiger partial charge in [0.15, 0.2) is 0 Å². The van der Waals surface area contributed by atoms with Gasteiger partial charge in [0.1, 0.15) is 0 Å². The number of primary sulfonamides is 1. The maximum atomic E-state index is 11.5. The SMILES string of the molecule is NS(=O)(=O)Cc1ccc(NC(=O)CCCCCl)cc1. The highest BCUT2D eigenvalue weighted by Gasteiger charge is 2.06. The molecule has 0 heterocycles. The number of hydrogen-bond donors (Lipinski definition) is 2. The molecule has 0 radical (unpaired) electrons. The molecule has 1 aromatic carbocycles. The van der Waals surface area contributed by atoms with Crippen LogP contribution in [0.25, 0.3) is 0 Å². The molecule has 0 aliphatic heterocycles. The molecule has 0 aliphatic rings. The third-order valence-electron chi connectivity index (χ3n) is 2.39. The van der Waals surface area contributed by atoms with E-state index in [1.165, 1.54) is 0 Å². The number of anilines is 1. The van der Waals surface area contributed by atoms with Crippen LogP contribution in [-0.2, 0) is 20.6 Å². The number of nitrogens with two attached hydrogens (primary N) is 1.